The smallest absolute Gasteiger partial charge is 0.465 e. The van der Waals surface area contributed by atoms with Gasteiger partial charge in [-0.05, 0) is 12.1 Å². The summed E-state index contributed by atoms with van der Waals surface area (Å²) in [5, 5.41) is 17.7. The third kappa shape index (κ3) is 1.68. The van der Waals surface area contributed by atoms with E-state index in [2.05, 4.69) is 0 Å². The topological polar surface area (TPSA) is 53.6 Å². The SMILES string of the molecule is OB(O)c1ccc(C(F)(F)F)c2ccoc12. The molecular formula is C9H6BF3O3. The summed E-state index contributed by atoms with van der Waals surface area (Å²) >= 11 is 0. The van der Waals surface area contributed by atoms with E-state index in [-0.39, 0.29) is 16.4 Å². The van der Waals surface area contributed by atoms with Crippen LogP contribution in [0.1, 0.15) is 5.56 Å². The molecule has 0 saturated carbocycles. The van der Waals surface area contributed by atoms with Crippen LogP contribution in [-0.4, -0.2) is 17.2 Å². The molecule has 0 bridgehead atoms. The lowest BCUT2D eigenvalue weighted by Gasteiger charge is -2.09. The Morgan fingerprint density at radius 3 is 2.38 bits per heavy atom. The summed E-state index contributed by atoms with van der Waals surface area (Å²) < 4.78 is 42.5. The van der Waals surface area contributed by atoms with Crippen molar-refractivity contribution in [3.8, 4) is 0 Å². The molecule has 84 valence electrons. The highest BCUT2D eigenvalue weighted by atomic mass is 19.4. The lowest BCUT2D eigenvalue weighted by atomic mass is 9.79. The highest BCUT2D eigenvalue weighted by molar-refractivity contribution is 6.61. The zero-order valence-corrected chi connectivity index (χ0v) is 7.82. The number of alkyl halides is 3. The van der Waals surface area contributed by atoms with Crippen molar-refractivity contribution in [2.45, 2.75) is 6.18 Å². The van der Waals surface area contributed by atoms with Gasteiger partial charge in [-0.1, -0.05) is 6.07 Å². The Morgan fingerprint density at radius 2 is 1.81 bits per heavy atom. The number of hydrogen-bond donors (Lipinski definition) is 2. The van der Waals surface area contributed by atoms with Gasteiger partial charge in [0.25, 0.3) is 0 Å². The van der Waals surface area contributed by atoms with Crippen LogP contribution < -0.4 is 5.46 Å². The van der Waals surface area contributed by atoms with Gasteiger partial charge in [0.05, 0.1) is 11.8 Å². The normalized spacial score (nSPS) is 12.1. The molecule has 0 aliphatic carbocycles. The molecule has 2 aromatic rings. The van der Waals surface area contributed by atoms with Crippen molar-refractivity contribution in [3.63, 3.8) is 0 Å². The zero-order valence-electron chi connectivity index (χ0n) is 7.82. The molecule has 2 rings (SSSR count). The minimum Gasteiger partial charge on any atom is -0.465 e. The molecule has 1 aromatic carbocycles. The van der Waals surface area contributed by atoms with Gasteiger partial charge in [-0.25, -0.2) is 0 Å². The summed E-state index contributed by atoms with van der Waals surface area (Å²) in [6.07, 6.45) is -3.42. The van der Waals surface area contributed by atoms with Gasteiger partial charge in [-0.2, -0.15) is 13.2 Å². The van der Waals surface area contributed by atoms with Crippen molar-refractivity contribution in [1.82, 2.24) is 0 Å². The van der Waals surface area contributed by atoms with Gasteiger partial charge < -0.3 is 14.5 Å². The molecular weight excluding hydrogens is 224 g/mol. The largest absolute Gasteiger partial charge is 0.492 e. The first-order chi connectivity index (χ1) is 7.41. The molecule has 3 nitrogen and oxygen atoms in total. The maximum Gasteiger partial charge on any atom is 0.492 e. The number of benzene rings is 1. The molecule has 0 radical (unpaired) electrons. The fraction of sp³-hybridized carbons (Fsp3) is 0.111. The van der Waals surface area contributed by atoms with Crippen LogP contribution in [0.15, 0.2) is 28.9 Å². The van der Waals surface area contributed by atoms with Crippen molar-refractivity contribution < 1.29 is 27.6 Å². The van der Waals surface area contributed by atoms with E-state index in [0.717, 1.165) is 24.5 Å². The lowest BCUT2D eigenvalue weighted by molar-refractivity contribution is -0.136. The van der Waals surface area contributed by atoms with Gasteiger partial charge in [0.1, 0.15) is 5.58 Å². The molecule has 0 amide bonds. The Bertz CT molecular complexity index is 518. The monoisotopic (exact) mass is 230 g/mol. The highest BCUT2D eigenvalue weighted by Gasteiger charge is 2.34. The van der Waals surface area contributed by atoms with Crippen LogP contribution in [0.5, 0.6) is 0 Å². The average molecular weight is 230 g/mol. The Hall–Kier alpha value is -1.47. The lowest BCUT2D eigenvalue weighted by Crippen LogP contribution is -2.30. The standard InChI is InChI=1S/C9H6BF3O3/c11-9(12,13)6-1-2-7(10(14)15)8-5(6)3-4-16-8/h1-4,14-15H. The quantitative estimate of drug-likeness (QED) is 0.722. The van der Waals surface area contributed by atoms with Crippen LogP contribution in [0.25, 0.3) is 11.0 Å². The number of hydrogen-bond acceptors (Lipinski definition) is 3. The number of fused-ring (bicyclic) bond motifs is 1. The van der Waals surface area contributed by atoms with Crippen LogP contribution in [0.4, 0.5) is 13.2 Å². The number of halogens is 3. The first-order valence-electron chi connectivity index (χ1n) is 4.34. The molecule has 0 spiro atoms. The molecule has 1 heterocycles. The van der Waals surface area contributed by atoms with E-state index >= 15 is 0 Å². The Morgan fingerprint density at radius 1 is 1.12 bits per heavy atom. The minimum absolute atomic E-state index is 0.0898. The molecule has 0 saturated heterocycles. The van der Waals surface area contributed by atoms with E-state index in [1.54, 1.807) is 0 Å². The van der Waals surface area contributed by atoms with Crippen LogP contribution in [0.2, 0.25) is 0 Å². The second-order valence-electron chi connectivity index (χ2n) is 3.24. The molecule has 0 atom stereocenters. The van der Waals surface area contributed by atoms with Crippen molar-refractivity contribution in [2.75, 3.05) is 0 Å². The summed E-state index contributed by atoms with van der Waals surface area (Å²) in [5.74, 6) is 0. The van der Waals surface area contributed by atoms with E-state index in [1.807, 2.05) is 0 Å². The van der Waals surface area contributed by atoms with Crippen molar-refractivity contribution >= 4 is 23.6 Å². The summed E-state index contributed by atoms with van der Waals surface area (Å²) in [4.78, 5) is 0. The number of rotatable bonds is 1. The Kier molecular flexibility index (Phi) is 2.44. The van der Waals surface area contributed by atoms with Gasteiger partial charge in [0, 0.05) is 10.8 Å². The van der Waals surface area contributed by atoms with Crippen LogP contribution in [-0.2, 0) is 6.18 Å². The van der Waals surface area contributed by atoms with E-state index in [1.165, 1.54) is 0 Å². The molecule has 0 fully saturated rings. The first-order valence-corrected chi connectivity index (χ1v) is 4.34. The highest BCUT2D eigenvalue weighted by Crippen LogP contribution is 2.34. The average Bonchev–Trinajstić information content (AvgIpc) is 2.61. The predicted molar refractivity (Wildman–Crippen MR) is 51.0 cm³/mol. The predicted octanol–water partition coefficient (Wildman–Crippen LogP) is 1.13. The summed E-state index contributed by atoms with van der Waals surface area (Å²) in [7, 11) is -1.86. The zero-order chi connectivity index (χ0) is 11.9. The maximum absolute atomic E-state index is 12.6. The molecule has 0 aliphatic rings. The minimum atomic E-state index is -4.50. The molecule has 2 N–H and O–H groups in total. The van der Waals surface area contributed by atoms with E-state index < -0.39 is 18.9 Å². The van der Waals surface area contributed by atoms with Crippen molar-refractivity contribution in [3.05, 3.63) is 30.0 Å². The van der Waals surface area contributed by atoms with Gasteiger partial charge >= 0.3 is 13.3 Å². The molecule has 7 heteroatoms. The van der Waals surface area contributed by atoms with E-state index in [9.17, 15) is 13.2 Å². The third-order valence-electron chi connectivity index (χ3n) is 2.23. The number of furan rings is 1. The maximum atomic E-state index is 12.6. The molecule has 0 unspecified atom stereocenters. The van der Waals surface area contributed by atoms with Gasteiger partial charge in [-0.15, -0.1) is 0 Å². The van der Waals surface area contributed by atoms with Crippen LogP contribution in [0, 0.1) is 0 Å². The van der Waals surface area contributed by atoms with E-state index in [0.29, 0.717) is 0 Å². The fourth-order valence-corrected chi connectivity index (χ4v) is 1.53. The summed E-state index contributed by atoms with van der Waals surface area (Å²) in [5.41, 5.74) is -1.11. The molecule has 16 heavy (non-hydrogen) atoms. The second kappa shape index (κ2) is 3.53. The van der Waals surface area contributed by atoms with Crippen molar-refractivity contribution in [2.24, 2.45) is 0 Å². The van der Waals surface area contributed by atoms with Crippen molar-refractivity contribution in [1.29, 1.82) is 0 Å². The van der Waals surface area contributed by atoms with Gasteiger partial charge in [0.15, 0.2) is 0 Å². The Labute approximate surface area is 88.3 Å². The van der Waals surface area contributed by atoms with Gasteiger partial charge in [-0.3, -0.25) is 0 Å². The fourth-order valence-electron chi connectivity index (χ4n) is 1.53. The summed E-state index contributed by atoms with van der Waals surface area (Å²) in [6, 6.07) is 2.93. The van der Waals surface area contributed by atoms with Crippen LogP contribution >= 0.6 is 0 Å². The van der Waals surface area contributed by atoms with Gasteiger partial charge in [0.2, 0.25) is 0 Å². The second-order valence-corrected chi connectivity index (χ2v) is 3.24. The van der Waals surface area contributed by atoms with Crippen LogP contribution in [0.3, 0.4) is 0 Å². The third-order valence-corrected chi connectivity index (χ3v) is 2.23. The summed E-state index contributed by atoms with van der Waals surface area (Å²) in [6.45, 7) is 0. The first kappa shape index (κ1) is 11.0. The molecule has 1 aromatic heterocycles. The van der Waals surface area contributed by atoms with E-state index in [4.69, 9.17) is 14.5 Å². The Balaban J connectivity index is 2.74. The molecule has 0 aliphatic heterocycles.